The van der Waals surface area contributed by atoms with Crippen LogP contribution in [0.15, 0.2) is 42.5 Å². The number of unbranched alkanes of at least 4 members (excludes halogenated alkanes) is 2. The number of halogens is 2. The molecule has 1 aliphatic rings. The maximum atomic E-state index is 13.6. The summed E-state index contributed by atoms with van der Waals surface area (Å²) in [6, 6.07) is 13.1. The van der Waals surface area contributed by atoms with Crippen LogP contribution in [0.3, 0.4) is 0 Å². The first-order chi connectivity index (χ1) is 13.2. The highest BCUT2D eigenvalue weighted by molar-refractivity contribution is 6.30. The minimum Gasteiger partial charge on any atom is -0.352 e. The number of hydrogen-bond donors (Lipinski definition) is 0. The molecule has 0 radical (unpaired) electrons. The van der Waals surface area contributed by atoms with Crippen LogP contribution < -0.4 is 0 Å². The fourth-order valence-corrected chi connectivity index (χ4v) is 3.54. The van der Waals surface area contributed by atoms with Crippen molar-refractivity contribution in [2.24, 2.45) is 5.92 Å². The standard InChI is InChI=1S/C23H28ClFO2/c1-2-3-4-5-18-15-26-23(27-16-18)13-8-17-6-9-19(10-7-17)20-11-12-21(24)22(25)14-20/h6-7,9-12,14,18,23H,2-5,8,13,15-16H2,1H3. The fraction of sp³-hybridized carbons (Fsp3) is 0.478. The molecule has 0 aliphatic carbocycles. The first kappa shape index (κ1) is 20.3. The Morgan fingerprint density at radius 2 is 1.67 bits per heavy atom. The first-order valence-corrected chi connectivity index (χ1v) is 10.3. The Hall–Kier alpha value is -1.42. The molecule has 146 valence electrons. The molecule has 27 heavy (non-hydrogen) atoms. The Morgan fingerprint density at radius 1 is 0.963 bits per heavy atom. The second-order valence-electron chi connectivity index (χ2n) is 7.32. The highest BCUT2D eigenvalue weighted by Crippen LogP contribution is 2.25. The molecule has 0 bridgehead atoms. The van der Waals surface area contributed by atoms with E-state index in [1.165, 1.54) is 37.3 Å². The van der Waals surface area contributed by atoms with Crippen LogP contribution in [0.25, 0.3) is 11.1 Å². The third-order valence-electron chi connectivity index (χ3n) is 5.13. The molecule has 0 spiro atoms. The summed E-state index contributed by atoms with van der Waals surface area (Å²) in [4.78, 5) is 0. The monoisotopic (exact) mass is 390 g/mol. The summed E-state index contributed by atoms with van der Waals surface area (Å²) in [7, 11) is 0. The van der Waals surface area contributed by atoms with E-state index in [2.05, 4.69) is 19.1 Å². The molecule has 0 amide bonds. The van der Waals surface area contributed by atoms with Gasteiger partial charge in [0, 0.05) is 12.3 Å². The zero-order valence-corrected chi connectivity index (χ0v) is 16.7. The lowest BCUT2D eigenvalue weighted by molar-refractivity contribution is -0.203. The summed E-state index contributed by atoms with van der Waals surface area (Å²) >= 11 is 5.75. The average Bonchev–Trinajstić information content (AvgIpc) is 2.70. The van der Waals surface area contributed by atoms with Gasteiger partial charge in [0.15, 0.2) is 6.29 Å². The number of ether oxygens (including phenoxy) is 2. The van der Waals surface area contributed by atoms with Gasteiger partial charge < -0.3 is 9.47 Å². The molecule has 1 saturated heterocycles. The fourth-order valence-electron chi connectivity index (χ4n) is 3.42. The maximum absolute atomic E-state index is 13.6. The third kappa shape index (κ3) is 6.03. The van der Waals surface area contributed by atoms with Gasteiger partial charge in [-0.1, -0.05) is 68.1 Å². The molecule has 1 heterocycles. The van der Waals surface area contributed by atoms with Crippen molar-refractivity contribution in [2.75, 3.05) is 13.2 Å². The summed E-state index contributed by atoms with van der Waals surface area (Å²) < 4.78 is 25.4. The molecule has 0 saturated carbocycles. The molecular weight excluding hydrogens is 363 g/mol. The van der Waals surface area contributed by atoms with Gasteiger partial charge in [0.05, 0.1) is 18.2 Å². The normalized spacial score (nSPS) is 20.0. The predicted molar refractivity (Wildman–Crippen MR) is 108 cm³/mol. The molecule has 1 fully saturated rings. The van der Waals surface area contributed by atoms with E-state index in [1.807, 2.05) is 18.2 Å². The van der Waals surface area contributed by atoms with Crippen molar-refractivity contribution in [3.63, 3.8) is 0 Å². The van der Waals surface area contributed by atoms with Gasteiger partial charge in [-0.25, -0.2) is 4.39 Å². The molecule has 3 rings (SSSR count). The van der Waals surface area contributed by atoms with E-state index in [1.54, 1.807) is 6.07 Å². The molecule has 2 aromatic rings. The largest absolute Gasteiger partial charge is 0.352 e. The van der Waals surface area contributed by atoms with Crippen molar-refractivity contribution in [3.05, 3.63) is 58.9 Å². The van der Waals surface area contributed by atoms with Gasteiger partial charge >= 0.3 is 0 Å². The molecule has 2 aromatic carbocycles. The summed E-state index contributed by atoms with van der Waals surface area (Å²) in [6.45, 7) is 3.86. The quantitative estimate of drug-likeness (QED) is 0.470. The minimum atomic E-state index is -0.391. The van der Waals surface area contributed by atoms with Gasteiger partial charge in [-0.05, 0) is 41.7 Å². The molecule has 0 unspecified atom stereocenters. The van der Waals surface area contributed by atoms with Gasteiger partial charge in [0.1, 0.15) is 5.82 Å². The average molecular weight is 391 g/mol. The van der Waals surface area contributed by atoms with Crippen LogP contribution in [0.1, 0.15) is 44.6 Å². The lowest BCUT2D eigenvalue weighted by Crippen LogP contribution is -2.32. The molecule has 4 heteroatoms. The van der Waals surface area contributed by atoms with Crippen LogP contribution in [0.2, 0.25) is 5.02 Å². The lowest BCUT2D eigenvalue weighted by Gasteiger charge is -2.29. The zero-order chi connectivity index (χ0) is 19.1. The van der Waals surface area contributed by atoms with Crippen molar-refractivity contribution in [3.8, 4) is 11.1 Å². The van der Waals surface area contributed by atoms with E-state index < -0.39 is 5.82 Å². The zero-order valence-electron chi connectivity index (χ0n) is 15.9. The van der Waals surface area contributed by atoms with Crippen LogP contribution in [0.4, 0.5) is 4.39 Å². The van der Waals surface area contributed by atoms with Gasteiger partial charge in [-0.2, -0.15) is 0 Å². The number of aryl methyl sites for hydroxylation is 1. The highest BCUT2D eigenvalue weighted by Gasteiger charge is 2.21. The topological polar surface area (TPSA) is 18.5 Å². The molecular formula is C23H28ClFO2. The van der Waals surface area contributed by atoms with Gasteiger partial charge in [0.2, 0.25) is 0 Å². The first-order valence-electron chi connectivity index (χ1n) is 9.93. The smallest absolute Gasteiger partial charge is 0.157 e. The number of hydrogen-bond acceptors (Lipinski definition) is 2. The van der Waals surface area contributed by atoms with Crippen molar-refractivity contribution in [1.29, 1.82) is 0 Å². The minimum absolute atomic E-state index is 0.0996. The maximum Gasteiger partial charge on any atom is 0.157 e. The Bertz CT molecular complexity index is 709. The summed E-state index contributed by atoms with van der Waals surface area (Å²) in [6.07, 6.45) is 6.67. The van der Waals surface area contributed by atoms with Gasteiger partial charge in [-0.3, -0.25) is 0 Å². The third-order valence-corrected chi connectivity index (χ3v) is 5.43. The Labute approximate surface area is 166 Å². The second kappa shape index (κ2) is 10.2. The van der Waals surface area contributed by atoms with Crippen molar-refractivity contribution < 1.29 is 13.9 Å². The summed E-state index contributed by atoms with van der Waals surface area (Å²) in [5.74, 6) is 0.157. The Morgan fingerprint density at radius 3 is 2.33 bits per heavy atom. The van der Waals surface area contributed by atoms with E-state index in [9.17, 15) is 4.39 Å². The van der Waals surface area contributed by atoms with Crippen LogP contribution in [-0.2, 0) is 15.9 Å². The summed E-state index contributed by atoms with van der Waals surface area (Å²) in [5.41, 5.74) is 3.04. The van der Waals surface area contributed by atoms with E-state index in [-0.39, 0.29) is 11.3 Å². The molecule has 0 aromatic heterocycles. The molecule has 1 aliphatic heterocycles. The number of rotatable bonds is 8. The van der Waals surface area contributed by atoms with Crippen molar-refractivity contribution >= 4 is 11.6 Å². The number of benzene rings is 2. The van der Waals surface area contributed by atoms with E-state index in [0.29, 0.717) is 5.92 Å². The Kier molecular flexibility index (Phi) is 7.69. The van der Waals surface area contributed by atoms with Crippen LogP contribution in [0.5, 0.6) is 0 Å². The van der Waals surface area contributed by atoms with E-state index >= 15 is 0 Å². The van der Waals surface area contributed by atoms with Gasteiger partial charge in [-0.15, -0.1) is 0 Å². The predicted octanol–water partition coefficient (Wildman–Crippen LogP) is 6.65. The SMILES string of the molecule is CCCCCC1COC(CCc2ccc(-c3ccc(Cl)c(F)c3)cc2)OC1. The Balaban J connectivity index is 1.45. The van der Waals surface area contributed by atoms with Crippen LogP contribution >= 0.6 is 11.6 Å². The van der Waals surface area contributed by atoms with E-state index in [4.69, 9.17) is 21.1 Å². The van der Waals surface area contributed by atoms with Crippen LogP contribution in [0, 0.1) is 11.7 Å². The lowest BCUT2D eigenvalue weighted by atomic mass is 10.0. The molecule has 0 N–H and O–H groups in total. The van der Waals surface area contributed by atoms with Crippen molar-refractivity contribution in [2.45, 2.75) is 51.7 Å². The second-order valence-corrected chi connectivity index (χ2v) is 7.73. The van der Waals surface area contributed by atoms with Crippen molar-refractivity contribution in [1.82, 2.24) is 0 Å². The molecule has 2 nitrogen and oxygen atoms in total. The highest BCUT2D eigenvalue weighted by atomic mass is 35.5. The summed E-state index contributed by atoms with van der Waals surface area (Å²) in [5, 5.41) is 0.149. The van der Waals surface area contributed by atoms with Crippen LogP contribution in [-0.4, -0.2) is 19.5 Å². The molecule has 0 atom stereocenters. The van der Waals surface area contributed by atoms with Gasteiger partial charge in [0.25, 0.3) is 0 Å². The van der Waals surface area contributed by atoms with E-state index in [0.717, 1.165) is 37.2 Å².